The molecule has 1 aromatic heterocycles. The van der Waals surface area contributed by atoms with E-state index in [1.165, 1.54) is 25.9 Å². The minimum absolute atomic E-state index is 0.130. The smallest absolute Gasteiger partial charge is 0.229 e. The van der Waals surface area contributed by atoms with E-state index in [0.29, 0.717) is 5.95 Å². The van der Waals surface area contributed by atoms with Crippen LogP contribution >= 0.6 is 33.8 Å². The first kappa shape index (κ1) is 23.7. The Labute approximate surface area is 176 Å². The number of aromatic nitrogens is 2. The molecule has 1 aromatic carbocycles. The number of nitrogens with one attached hydrogen (secondary N) is 2. The SMILES string of the molecule is CNc1nc(Nc2ccc(OCCN3CCCC3)cc2)ncc1C.PP(P)P. The minimum atomic E-state index is 0.130. The zero-order valence-corrected chi connectivity index (χ0v) is 20.9. The Bertz CT molecular complexity index is 709. The van der Waals surface area contributed by atoms with Crippen LogP contribution in [-0.2, 0) is 0 Å². The van der Waals surface area contributed by atoms with Crippen molar-refractivity contribution < 1.29 is 4.74 Å². The van der Waals surface area contributed by atoms with Crippen LogP contribution in [0, 0.1) is 6.92 Å². The number of ether oxygens (including phenoxy) is 1. The van der Waals surface area contributed by atoms with Gasteiger partial charge in [0.2, 0.25) is 5.95 Å². The largest absolute Gasteiger partial charge is 0.492 e. The average Bonchev–Trinajstić information content (AvgIpc) is 3.18. The molecule has 0 amide bonds. The third kappa shape index (κ3) is 8.81. The van der Waals surface area contributed by atoms with Gasteiger partial charge in [0.1, 0.15) is 18.2 Å². The Kier molecular flexibility index (Phi) is 10.8. The average molecular weight is 457 g/mol. The zero-order valence-electron chi connectivity index (χ0n) is 16.6. The lowest BCUT2D eigenvalue weighted by Gasteiger charge is -2.15. The fourth-order valence-corrected chi connectivity index (χ4v) is 2.82. The molecule has 2 N–H and O–H groups in total. The summed E-state index contributed by atoms with van der Waals surface area (Å²) in [5, 5.41) is 6.27. The van der Waals surface area contributed by atoms with Gasteiger partial charge in [-0.15, -0.1) is 26.8 Å². The maximum atomic E-state index is 5.81. The molecule has 1 aliphatic heterocycles. The van der Waals surface area contributed by atoms with Crippen molar-refractivity contribution in [3.63, 3.8) is 0 Å². The van der Waals surface area contributed by atoms with E-state index >= 15 is 0 Å². The van der Waals surface area contributed by atoms with Crippen molar-refractivity contribution >= 4 is 51.2 Å². The van der Waals surface area contributed by atoms with Crippen LogP contribution in [0.5, 0.6) is 5.75 Å². The van der Waals surface area contributed by atoms with Crippen LogP contribution in [0.15, 0.2) is 30.5 Å². The number of rotatable bonds is 7. The molecule has 154 valence electrons. The van der Waals surface area contributed by atoms with E-state index in [4.69, 9.17) is 4.74 Å². The van der Waals surface area contributed by atoms with Crippen LogP contribution in [0.1, 0.15) is 18.4 Å². The normalized spacial score (nSPS) is 13.8. The Morgan fingerprint density at radius 1 is 1.14 bits per heavy atom. The van der Waals surface area contributed by atoms with Crippen LogP contribution < -0.4 is 15.4 Å². The molecule has 1 aliphatic rings. The summed E-state index contributed by atoms with van der Waals surface area (Å²) in [6, 6.07) is 7.90. The van der Waals surface area contributed by atoms with Crippen LogP contribution in [0.2, 0.25) is 0 Å². The molecule has 0 saturated carbocycles. The van der Waals surface area contributed by atoms with Gasteiger partial charge in [0.25, 0.3) is 0 Å². The zero-order chi connectivity index (χ0) is 20.4. The summed E-state index contributed by atoms with van der Waals surface area (Å²) in [6.07, 6.45) is 4.43. The van der Waals surface area contributed by atoms with E-state index in [1.807, 2.05) is 38.2 Å². The van der Waals surface area contributed by atoms with Crippen LogP contribution in [0.4, 0.5) is 17.5 Å². The second kappa shape index (κ2) is 12.8. The van der Waals surface area contributed by atoms with Gasteiger partial charge in [-0.2, -0.15) is 4.98 Å². The van der Waals surface area contributed by atoms with E-state index in [2.05, 4.69) is 52.3 Å². The maximum Gasteiger partial charge on any atom is 0.229 e. The molecule has 0 bridgehead atoms. The fraction of sp³-hybridized carbons (Fsp3) is 0.444. The van der Waals surface area contributed by atoms with E-state index in [9.17, 15) is 0 Å². The van der Waals surface area contributed by atoms with Gasteiger partial charge in [0.15, 0.2) is 0 Å². The van der Waals surface area contributed by atoms with Gasteiger partial charge in [0.05, 0.1) is 0 Å². The quantitative estimate of drug-likeness (QED) is 0.578. The molecule has 1 fully saturated rings. The highest BCUT2D eigenvalue weighted by molar-refractivity contribution is 8.65. The fourth-order valence-electron chi connectivity index (χ4n) is 2.82. The standard InChI is InChI=1S/C18H25N5O.H6P4/c1-14-13-20-18(22-17(14)19-2)21-15-5-7-16(8-6-15)24-12-11-23-9-3-4-10-23;1-4(2)3/h5-8,13H,3-4,9-12H2,1-2H3,(H2,19,20,21,22);1-3H2. The van der Waals surface area contributed by atoms with Gasteiger partial charge in [-0.1, -0.05) is 0 Å². The maximum absolute atomic E-state index is 5.81. The lowest BCUT2D eigenvalue weighted by molar-refractivity contribution is 0.238. The van der Waals surface area contributed by atoms with E-state index in [-0.39, 0.29) is 6.99 Å². The number of likely N-dealkylation sites (tertiary alicyclic amines) is 1. The first-order valence-electron chi connectivity index (χ1n) is 9.26. The predicted molar refractivity (Wildman–Crippen MR) is 133 cm³/mol. The first-order chi connectivity index (χ1) is 13.5. The Balaban J connectivity index is 0.000000640. The second-order valence-corrected chi connectivity index (χ2v) is 18.1. The van der Waals surface area contributed by atoms with Crippen molar-refractivity contribution in [3.05, 3.63) is 36.0 Å². The highest BCUT2D eigenvalue weighted by atomic mass is 32.7. The molecule has 3 atom stereocenters. The topological polar surface area (TPSA) is 62.3 Å². The molecule has 0 radical (unpaired) electrons. The van der Waals surface area contributed by atoms with Crippen molar-refractivity contribution in [3.8, 4) is 5.75 Å². The second-order valence-electron chi connectivity index (χ2n) is 6.47. The van der Waals surface area contributed by atoms with Crippen LogP contribution in [0.25, 0.3) is 0 Å². The van der Waals surface area contributed by atoms with Crippen molar-refractivity contribution in [2.24, 2.45) is 0 Å². The predicted octanol–water partition coefficient (Wildman–Crippen LogP) is 4.88. The number of anilines is 3. The summed E-state index contributed by atoms with van der Waals surface area (Å²) in [6.45, 7) is 6.26. The summed E-state index contributed by atoms with van der Waals surface area (Å²) in [4.78, 5) is 11.2. The summed E-state index contributed by atoms with van der Waals surface area (Å²) < 4.78 is 5.81. The van der Waals surface area contributed by atoms with E-state index in [1.54, 1.807) is 6.20 Å². The van der Waals surface area contributed by atoms with Gasteiger partial charge < -0.3 is 15.4 Å². The Hall–Kier alpha value is -0.620. The van der Waals surface area contributed by atoms with Gasteiger partial charge >= 0.3 is 0 Å². The summed E-state index contributed by atoms with van der Waals surface area (Å²) in [7, 11) is 9.80. The Morgan fingerprint density at radius 3 is 2.39 bits per heavy atom. The lowest BCUT2D eigenvalue weighted by Crippen LogP contribution is -2.25. The number of aryl methyl sites for hydroxylation is 1. The molecule has 10 heteroatoms. The molecule has 3 unspecified atom stereocenters. The molecule has 1 saturated heterocycles. The van der Waals surface area contributed by atoms with Gasteiger partial charge in [0, 0.05) is 31.0 Å². The summed E-state index contributed by atoms with van der Waals surface area (Å²) in [5.74, 6) is 2.29. The summed E-state index contributed by atoms with van der Waals surface area (Å²) in [5.41, 5.74) is 1.96. The molecule has 28 heavy (non-hydrogen) atoms. The molecule has 0 aliphatic carbocycles. The molecule has 3 rings (SSSR count). The van der Waals surface area contributed by atoms with Crippen molar-refractivity contribution in [1.29, 1.82) is 0 Å². The number of nitrogens with zero attached hydrogens (tertiary/aromatic N) is 3. The molecular formula is C18H31N5OP4. The van der Waals surface area contributed by atoms with E-state index < -0.39 is 0 Å². The van der Waals surface area contributed by atoms with Crippen LogP contribution in [0.3, 0.4) is 0 Å². The lowest BCUT2D eigenvalue weighted by atomic mass is 10.3. The third-order valence-corrected chi connectivity index (χ3v) is 4.19. The number of hydrogen-bond acceptors (Lipinski definition) is 6. The molecule has 2 heterocycles. The monoisotopic (exact) mass is 457 g/mol. The van der Waals surface area contributed by atoms with Crippen molar-refractivity contribution in [1.82, 2.24) is 14.9 Å². The van der Waals surface area contributed by atoms with E-state index in [0.717, 1.165) is 36.0 Å². The Morgan fingerprint density at radius 2 is 1.79 bits per heavy atom. The van der Waals surface area contributed by atoms with Crippen LogP contribution in [-0.4, -0.2) is 48.2 Å². The summed E-state index contributed by atoms with van der Waals surface area (Å²) >= 11 is 0. The number of benzene rings is 1. The van der Waals surface area contributed by atoms with Gasteiger partial charge in [-0.3, -0.25) is 4.90 Å². The number of hydrogen-bond donors (Lipinski definition) is 2. The molecular weight excluding hydrogens is 426 g/mol. The first-order valence-corrected chi connectivity index (χ1v) is 15.5. The highest BCUT2D eigenvalue weighted by Gasteiger charge is 2.10. The van der Waals surface area contributed by atoms with Gasteiger partial charge in [-0.05, 0) is 64.1 Å². The molecule has 0 spiro atoms. The van der Waals surface area contributed by atoms with Gasteiger partial charge in [-0.25, -0.2) is 4.98 Å². The van der Waals surface area contributed by atoms with Crippen molar-refractivity contribution in [2.75, 3.05) is 43.9 Å². The third-order valence-electron chi connectivity index (χ3n) is 4.19. The molecule has 6 nitrogen and oxygen atoms in total. The highest BCUT2D eigenvalue weighted by Crippen LogP contribution is 2.59. The molecule has 2 aromatic rings. The van der Waals surface area contributed by atoms with Crippen molar-refractivity contribution in [2.45, 2.75) is 19.8 Å². The minimum Gasteiger partial charge on any atom is -0.492 e.